The lowest BCUT2D eigenvalue weighted by Crippen LogP contribution is -2.51. The van der Waals surface area contributed by atoms with E-state index < -0.39 is 47.3 Å². The van der Waals surface area contributed by atoms with Crippen LogP contribution in [0.4, 0.5) is 0 Å². The maximum absolute atomic E-state index is 14.0. The van der Waals surface area contributed by atoms with E-state index in [1.54, 1.807) is 0 Å². The molecule has 2 fully saturated rings. The third kappa shape index (κ3) is 16.7. The van der Waals surface area contributed by atoms with Gasteiger partial charge in [0.1, 0.15) is 0 Å². The zero-order chi connectivity index (χ0) is 50.3. The second-order valence-corrected chi connectivity index (χ2v) is 20.1. The Morgan fingerprint density at radius 2 is 0.653 bits per heavy atom. The van der Waals surface area contributed by atoms with Gasteiger partial charge in [0, 0.05) is 35.3 Å². The molecule has 2 aliphatic carbocycles. The molecule has 4 N–H and O–H groups in total. The second kappa shape index (κ2) is 28.4. The average Bonchev–Trinajstić information content (AvgIpc) is 3.41. The van der Waals surface area contributed by atoms with Gasteiger partial charge in [0.15, 0.2) is 0 Å². The summed E-state index contributed by atoms with van der Waals surface area (Å²) in [4.78, 5) is 82.1. The molecular weight excluding hydrogens is 897 g/mol. The smallest absolute Gasteiger partial charge is 0.292 e. The summed E-state index contributed by atoms with van der Waals surface area (Å²) in [6.45, 7) is 0. The summed E-state index contributed by atoms with van der Waals surface area (Å²) >= 11 is 0. The first-order valence-corrected chi connectivity index (χ1v) is 26.8. The molecule has 10 nitrogen and oxygen atoms in total. The van der Waals surface area contributed by atoms with Crippen molar-refractivity contribution in [3.8, 4) is 0 Å². The number of benzene rings is 5. The zero-order valence-corrected chi connectivity index (χ0v) is 41.9. The number of amides is 4. The van der Waals surface area contributed by atoms with Gasteiger partial charge in [-0.1, -0.05) is 171 Å². The maximum Gasteiger partial charge on any atom is 0.292 e. The summed E-state index contributed by atoms with van der Waals surface area (Å²) in [7, 11) is 0. The highest BCUT2D eigenvalue weighted by molar-refractivity contribution is 6.44. The second-order valence-electron chi connectivity index (χ2n) is 20.1. The molecule has 72 heavy (non-hydrogen) atoms. The van der Waals surface area contributed by atoms with E-state index in [1.165, 1.54) is 46.5 Å². The van der Waals surface area contributed by atoms with Crippen molar-refractivity contribution in [2.45, 2.75) is 153 Å². The summed E-state index contributed by atoms with van der Waals surface area (Å²) in [6, 6.07) is 45.9. The maximum atomic E-state index is 14.0. The molecular formula is C62H74N4O6. The van der Waals surface area contributed by atoms with E-state index in [4.69, 9.17) is 0 Å². The summed E-state index contributed by atoms with van der Waals surface area (Å²) in [5.74, 6) is -4.30. The molecule has 4 atom stereocenters. The summed E-state index contributed by atoms with van der Waals surface area (Å²) in [6.07, 6.45) is 16.5. The number of hydrogen-bond acceptors (Lipinski definition) is 6. The number of ketones is 2. The number of nitrogens with one attached hydrogen (secondary N) is 4. The molecule has 0 heterocycles. The van der Waals surface area contributed by atoms with Crippen molar-refractivity contribution in [2.24, 2.45) is 11.8 Å². The van der Waals surface area contributed by atoms with Crippen molar-refractivity contribution in [3.63, 3.8) is 0 Å². The highest BCUT2D eigenvalue weighted by atomic mass is 16.2. The fourth-order valence-electron chi connectivity index (χ4n) is 10.7. The molecule has 2 saturated carbocycles. The van der Waals surface area contributed by atoms with E-state index in [-0.39, 0.29) is 35.0 Å². The Bertz CT molecular complexity index is 2220. The number of carbonyl (C=O) groups is 6. The minimum Gasteiger partial charge on any atom is -0.353 e. The molecule has 0 bridgehead atoms. The number of rotatable bonds is 26. The minimum absolute atomic E-state index is 0.0180. The molecule has 378 valence electrons. The van der Waals surface area contributed by atoms with Crippen LogP contribution in [0.5, 0.6) is 0 Å². The van der Waals surface area contributed by atoms with Crippen LogP contribution in [0.25, 0.3) is 0 Å². The molecule has 2 unspecified atom stereocenters. The standard InChI is InChI=1S/C62H74N4O6/c67-57(61(71)65-55-39-15-13-37-53(55)59(69)63-51(33-17-29-45-21-5-1-6-22-45)34-18-30-46-23-7-2-8-24-46)49-41-43-50(44-42-49)58(68)62(72)66-56-40-16-14-38-54(56)60(70)64-52(35-19-31-47-25-9-3-10-26-47)36-20-32-48-27-11-4-12-28-48/h1-12,21-28,41-44,51-56H,13-20,29-40H2,(H,63,69)(H,64,70)(H,65,71)(H,66,72)/t53-,54?,55+,56?/m1/s1. The number of aryl methyl sites for hydroxylation is 4. The van der Waals surface area contributed by atoms with Crippen molar-refractivity contribution in [1.29, 1.82) is 0 Å². The number of carbonyl (C=O) groups excluding carboxylic acids is 6. The molecule has 5 aromatic carbocycles. The van der Waals surface area contributed by atoms with E-state index in [0.29, 0.717) is 25.7 Å². The van der Waals surface area contributed by atoms with Crippen LogP contribution in [0, 0.1) is 11.8 Å². The van der Waals surface area contributed by atoms with Crippen LogP contribution < -0.4 is 21.3 Å². The third-order valence-electron chi connectivity index (χ3n) is 14.8. The van der Waals surface area contributed by atoms with Crippen LogP contribution >= 0.6 is 0 Å². The largest absolute Gasteiger partial charge is 0.353 e. The minimum atomic E-state index is -0.810. The summed E-state index contributed by atoms with van der Waals surface area (Å²) in [5, 5.41) is 12.5. The highest BCUT2D eigenvalue weighted by Crippen LogP contribution is 2.28. The topological polar surface area (TPSA) is 151 Å². The van der Waals surface area contributed by atoms with Gasteiger partial charge < -0.3 is 21.3 Å². The van der Waals surface area contributed by atoms with E-state index in [0.717, 1.165) is 103 Å². The van der Waals surface area contributed by atoms with Gasteiger partial charge in [-0.3, -0.25) is 28.8 Å². The molecule has 0 spiro atoms. The van der Waals surface area contributed by atoms with Crippen LogP contribution in [0.1, 0.15) is 146 Å². The van der Waals surface area contributed by atoms with E-state index >= 15 is 0 Å². The fraction of sp³-hybridized carbons (Fsp3) is 0.419. The van der Waals surface area contributed by atoms with Gasteiger partial charge in [0.05, 0.1) is 11.8 Å². The lowest BCUT2D eigenvalue weighted by molar-refractivity contribution is -0.129. The Morgan fingerprint density at radius 1 is 0.375 bits per heavy atom. The van der Waals surface area contributed by atoms with Crippen LogP contribution in [0.15, 0.2) is 146 Å². The van der Waals surface area contributed by atoms with Crippen LogP contribution in [-0.4, -0.2) is 59.4 Å². The van der Waals surface area contributed by atoms with Crippen molar-refractivity contribution >= 4 is 35.2 Å². The van der Waals surface area contributed by atoms with Crippen LogP contribution in [0.3, 0.4) is 0 Å². The zero-order valence-electron chi connectivity index (χ0n) is 41.9. The molecule has 5 aromatic rings. The molecule has 4 amide bonds. The van der Waals surface area contributed by atoms with Crippen molar-refractivity contribution in [3.05, 3.63) is 179 Å². The fourth-order valence-corrected chi connectivity index (χ4v) is 10.7. The molecule has 7 rings (SSSR count). The monoisotopic (exact) mass is 971 g/mol. The quantitative estimate of drug-likeness (QED) is 0.0320. The lowest BCUT2D eigenvalue weighted by Gasteiger charge is -2.32. The number of hydrogen-bond donors (Lipinski definition) is 4. The molecule has 0 aliphatic heterocycles. The van der Waals surface area contributed by atoms with Gasteiger partial charge in [0.2, 0.25) is 23.4 Å². The van der Waals surface area contributed by atoms with Crippen LogP contribution in [-0.2, 0) is 44.9 Å². The molecule has 2 aliphatic rings. The first-order chi connectivity index (χ1) is 35.2. The molecule has 0 aromatic heterocycles. The van der Waals surface area contributed by atoms with Crippen molar-refractivity contribution < 1.29 is 28.8 Å². The summed E-state index contributed by atoms with van der Waals surface area (Å²) in [5.41, 5.74) is 5.22. The Balaban J connectivity index is 0.906. The SMILES string of the molecule is O=C(NC1CCCCC1C(=O)NC(CCCc1ccccc1)CCCc1ccccc1)C(=O)c1ccc(C(=O)C(=O)N[C@H]2CCCC[C@H]2C(=O)NC(CCCc2ccccc2)CCCc2ccccc2)cc1. The van der Waals surface area contributed by atoms with Gasteiger partial charge in [-0.25, -0.2) is 0 Å². The van der Waals surface area contributed by atoms with E-state index in [1.807, 2.05) is 72.8 Å². The predicted octanol–water partition coefficient (Wildman–Crippen LogP) is 10.5. The lowest BCUT2D eigenvalue weighted by atomic mass is 9.83. The average molecular weight is 971 g/mol. The Labute approximate surface area is 426 Å². The van der Waals surface area contributed by atoms with E-state index in [2.05, 4.69) is 69.8 Å². The normalized spacial score (nSPS) is 17.7. The van der Waals surface area contributed by atoms with Crippen molar-refractivity contribution in [2.75, 3.05) is 0 Å². The van der Waals surface area contributed by atoms with Gasteiger partial charge >= 0.3 is 0 Å². The van der Waals surface area contributed by atoms with E-state index in [9.17, 15) is 28.8 Å². The summed E-state index contributed by atoms with van der Waals surface area (Å²) < 4.78 is 0. The van der Waals surface area contributed by atoms with Gasteiger partial charge in [-0.15, -0.1) is 0 Å². The Hall–Kier alpha value is -6.68. The molecule has 0 saturated heterocycles. The van der Waals surface area contributed by atoms with Gasteiger partial charge in [0.25, 0.3) is 11.8 Å². The Kier molecular flexibility index (Phi) is 20.9. The van der Waals surface area contributed by atoms with Crippen molar-refractivity contribution in [1.82, 2.24) is 21.3 Å². The van der Waals surface area contributed by atoms with Gasteiger partial charge in [-0.2, -0.15) is 0 Å². The van der Waals surface area contributed by atoms with Crippen LogP contribution in [0.2, 0.25) is 0 Å². The number of Topliss-reactive ketones (excluding diaryl/α,β-unsaturated/α-hetero) is 2. The predicted molar refractivity (Wildman–Crippen MR) is 284 cm³/mol. The first kappa shape index (κ1) is 53.1. The molecule has 10 heteroatoms. The molecule has 0 radical (unpaired) electrons. The highest BCUT2D eigenvalue weighted by Gasteiger charge is 2.36. The Morgan fingerprint density at radius 3 is 0.944 bits per heavy atom. The third-order valence-corrected chi connectivity index (χ3v) is 14.8. The first-order valence-electron chi connectivity index (χ1n) is 26.8. The van der Waals surface area contributed by atoms with Gasteiger partial charge in [-0.05, 0) is 125 Å².